The van der Waals surface area contributed by atoms with Gasteiger partial charge in [-0.3, -0.25) is 9.78 Å². The van der Waals surface area contributed by atoms with Gasteiger partial charge in [-0.05, 0) is 50.2 Å². The average molecular weight is 341 g/mol. The number of anilines is 1. The van der Waals surface area contributed by atoms with Crippen LogP contribution in [0.5, 0.6) is 5.75 Å². The van der Waals surface area contributed by atoms with Crippen molar-refractivity contribution in [3.63, 3.8) is 0 Å². The standard InChI is InChI=1S/C19H17ClN2O2/c1-19(2,24-15-10-8-14(20)9-11-15)18(23)22-16-7-3-5-13-6-4-12-21-17(13)16/h3-12H,1-2H3,(H,22,23). The highest BCUT2D eigenvalue weighted by Gasteiger charge is 2.30. The number of halogens is 1. The molecule has 1 heterocycles. The molecule has 3 aromatic rings. The molecule has 0 atom stereocenters. The molecule has 1 N–H and O–H groups in total. The van der Waals surface area contributed by atoms with E-state index in [4.69, 9.17) is 16.3 Å². The van der Waals surface area contributed by atoms with Gasteiger partial charge in [0.2, 0.25) is 0 Å². The van der Waals surface area contributed by atoms with Gasteiger partial charge in [-0.1, -0.05) is 29.8 Å². The fourth-order valence-electron chi connectivity index (χ4n) is 2.32. The molecule has 5 heteroatoms. The lowest BCUT2D eigenvalue weighted by atomic mass is 10.1. The van der Waals surface area contributed by atoms with Crippen molar-refractivity contribution in [2.75, 3.05) is 5.32 Å². The van der Waals surface area contributed by atoms with E-state index in [0.717, 1.165) is 10.9 Å². The maximum atomic E-state index is 12.7. The SMILES string of the molecule is CC(C)(Oc1ccc(Cl)cc1)C(=O)Nc1cccc2cccnc12. The van der Waals surface area contributed by atoms with Crippen LogP contribution < -0.4 is 10.1 Å². The molecule has 3 rings (SSSR count). The fraction of sp³-hybridized carbons (Fsp3) is 0.158. The number of nitrogens with one attached hydrogen (secondary N) is 1. The van der Waals surface area contributed by atoms with Gasteiger partial charge in [-0.15, -0.1) is 0 Å². The van der Waals surface area contributed by atoms with Crippen molar-refractivity contribution >= 4 is 34.1 Å². The Morgan fingerprint density at radius 2 is 1.79 bits per heavy atom. The third-order valence-electron chi connectivity index (χ3n) is 3.61. The molecule has 0 spiro atoms. The molecule has 0 bridgehead atoms. The predicted molar refractivity (Wildman–Crippen MR) is 96.5 cm³/mol. The van der Waals surface area contributed by atoms with Crippen LogP contribution in [0.3, 0.4) is 0 Å². The summed E-state index contributed by atoms with van der Waals surface area (Å²) in [5, 5.41) is 4.49. The van der Waals surface area contributed by atoms with E-state index in [1.54, 1.807) is 44.3 Å². The summed E-state index contributed by atoms with van der Waals surface area (Å²) >= 11 is 5.87. The molecule has 0 unspecified atom stereocenters. The molecule has 0 saturated carbocycles. The van der Waals surface area contributed by atoms with E-state index in [2.05, 4.69) is 10.3 Å². The second-order valence-corrected chi connectivity index (χ2v) is 6.34. The van der Waals surface area contributed by atoms with Gasteiger partial charge in [0.15, 0.2) is 5.60 Å². The molecule has 24 heavy (non-hydrogen) atoms. The van der Waals surface area contributed by atoms with Crippen molar-refractivity contribution < 1.29 is 9.53 Å². The summed E-state index contributed by atoms with van der Waals surface area (Å²) < 4.78 is 5.81. The molecule has 1 amide bonds. The van der Waals surface area contributed by atoms with Crippen LogP contribution in [-0.4, -0.2) is 16.5 Å². The summed E-state index contributed by atoms with van der Waals surface area (Å²) in [6, 6.07) is 16.4. The summed E-state index contributed by atoms with van der Waals surface area (Å²) in [6.45, 7) is 3.44. The molecule has 122 valence electrons. The number of nitrogens with zero attached hydrogens (tertiary/aromatic N) is 1. The van der Waals surface area contributed by atoms with Gasteiger partial charge in [0.05, 0.1) is 11.2 Å². The van der Waals surface area contributed by atoms with Crippen LogP contribution in [0.25, 0.3) is 10.9 Å². The van der Waals surface area contributed by atoms with E-state index in [1.807, 2.05) is 30.3 Å². The minimum absolute atomic E-state index is 0.254. The van der Waals surface area contributed by atoms with E-state index in [0.29, 0.717) is 16.5 Å². The number of ether oxygens (including phenoxy) is 1. The number of amides is 1. The Morgan fingerprint density at radius 3 is 2.54 bits per heavy atom. The summed E-state index contributed by atoms with van der Waals surface area (Å²) in [5.41, 5.74) is 0.353. The molecule has 2 aromatic carbocycles. The van der Waals surface area contributed by atoms with Crippen molar-refractivity contribution in [2.45, 2.75) is 19.4 Å². The van der Waals surface area contributed by atoms with Crippen LogP contribution in [0.1, 0.15) is 13.8 Å². The maximum Gasteiger partial charge on any atom is 0.268 e. The molecular formula is C19H17ClN2O2. The number of hydrogen-bond acceptors (Lipinski definition) is 3. The molecule has 0 aliphatic rings. The van der Waals surface area contributed by atoms with Crippen molar-refractivity contribution in [1.29, 1.82) is 0 Å². The Hall–Kier alpha value is -2.59. The zero-order valence-electron chi connectivity index (χ0n) is 13.4. The van der Waals surface area contributed by atoms with Crippen LogP contribution >= 0.6 is 11.6 Å². The van der Waals surface area contributed by atoms with Crippen molar-refractivity contribution in [1.82, 2.24) is 4.98 Å². The van der Waals surface area contributed by atoms with Gasteiger partial charge in [0.1, 0.15) is 5.75 Å². The molecule has 4 nitrogen and oxygen atoms in total. The molecule has 0 saturated heterocycles. The number of rotatable bonds is 4. The average Bonchev–Trinajstić information content (AvgIpc) is 2.57. The Kier molecular flexibility index (Phi) is 4.40. The van der Waals surface area contributed by atoms with E-state index < -0.39 is 5.60 Å². The van der Waals surface area contributed by atoms with Crippen molar-refractivity contribution in [3.8, 4) is 5.75 Å². The number of hydrogen-bond donors (Lipinski definition) is 1. The van der Waals surface area contributed by atoms with Gasteiger partial charge >= 0.3 is 0 Å². The lowest BCUT2D eigenvalue weighted by molar-refractivity contribution is -0.128. The topological polar surface area (TPSA) is 51.2 Å². The lowest BCUT2D eigenvalue weighted by Gasteiger charge is -2.25. The second-order valence-electron chi connectivity index (χ2n) is 5.90. The first-order valence-electron chi connectivity index (χ1n) is 7.55. The van der Waals surface area contributed by atoms with Crippen molar-refractivity contribution in [3.05, 3.63) is 65.8 Å². The Labute approximate surface area is 145 Å². The third kappa shape index (κ3) is 3.49. The molecule has 1 aromatic heterocycles. The normalized spacial score (nSPS) is 11.3. The van der Waals surface area contributed by atoms with Crippen LogP contribution in [0.4, 0.5) is 5.69 Å². The van der Waals surface area contributed by atoms with Gasteiger partial charge in [0.25, 0.3) is 5.91 Å². The molecule has 0 radical (unpaired) electrons. The number of carbonyl (C=O) groups excluding carboxylic acids is 1. The zero-order valence-corrected chi connectivity index (χ0v) is 14.2. The summed E-state index contributed by atoms with van der Waals surface area (Å²) in [4.78, 5) is 17.0. The van der Waals surface area contributed by atoms with E-state index in [-0.39, 0.29) is 5.91 Å². The summed E-state index contributed by atoms with van der Waals surface area (Å²) in [7, 11) is 0. The Balaban J connectivity index is 1.81. The Morgan fingerprint density at radius 1 is 1.08 bits per heavy atom. The largest absolute Gasteiger partial charge is 0.478 e. The fourth-order valence-corrected chi connectivity index (χ4v) is 2.45. The highest BCUT2D eigenvalue weighted by atomic mass is 35.5. The summed E-state index contributed by atoms with van der Waals surface area (Å²) in [5.74, 6) is 0.325. The lowest BCUT2D eigenvalue weighted by Crippen LogP contribution is -2.42. The van der Waals surface area contributed by atoms with E-state index in [9.17, 15) is 4.79 Å². The number of para-hydroxylation sites is 1. The first-order valence-corrected chi connectivity index (χ1v) is 7.93. The van der Waals surface area contributed by atoms with Gasteiger partial charge < -0.3 is 10.1 Å². The van der Waals surface area contributed by atoms with Crippen molar-refractivity contribution in [2.24, 2.45) is 0 Å². The van der Waals surface area contributed by atoms with Crippen LogP contribution in [0.15, 0.2) is 60.8 Å². The predicted octanol–water partition coefficient (Wildman–Crippen LogP) is 4.68. The molecule has 0 aliphatic heterocycles. The van der Waals surface area contributed by atoms with Gasteiger partial charge in [0, 0.05) is 16.6 Å². The Bertz CT molecular complexity index is 871. The smallest absolute Gasteiger partial charge is 0.268 e. The molecule has 0 fully saturated rings. The molecular weight excluding hydrogens is 324 g/mol. The van der Waals surface area contributed by atoms with E-state index in [1.165, 1.54) is 0 Å². The minimum Gasteiger partial charge on any atom is -0.478 e. The first-order chi connectivity index (χ1) is 11.5. The third-order valence-corrected chi connectivity index (χ3v) is 3.87. The summed E-state index contributed by atoms with van der Waals surface area (Å²) in [6.07, 6.45) is 1.70. The van der Waals surface area contributed by atoms with Crippen LogP contribution in [0.2, 0.25) is 5.02 Å². The van der Waals surface area contributed by atoms with Gasteiger partial charge in [-0.25, -0.2) is 0 Å². The number of pyridine rings is 1. The number of aromatic nitrogens is 1. The van der Waals surface area contributed by atoms with Gasteiger partial charge in [-0.2, -0.15) is 0 Å². The number of carbonyl (C=O) groups is 1. The highest BCUT2D eigenvalue weighted by molar-refractivity contribution is 6.30. The second kappa shape index (κ2) is 6.49. The number of benzene rings is 2. The zero-order chi connectivity index (χ0) is 17.2. The first kappa shape index (κ1) is 16.3. The quantitative estimate of drug-likeness (QED) is 0.750. The van der Waals surface area contributed by atoms with Crippen LogP contribution in [0, 0.1) is 0 Å². The molecule has 0 aliphatic carbocycles. The highest BCUT2D eigenvalue weighted by Crippen LogP contribution is 2.24. The van der Waals surface area contributed by atoms with E-state index >= 15 is 0 Å². The monoisotopic (exact) mass is 340 g/mol. The maximum absolute atomic E-state index is 12.7. The number of fused-ring (bicyclic) bond motifs is 1. The minimum atomic E-state index is -1.05. The van der Waals surface area contributed by atoms with Crippen LogP contribution in [-0.2, 0) is 4.79 Å².